The van der Waals surface area contributed by atoms with Crippen molar-refractivity contribution in [1.29, 1.82) is 0 Å². The highest BCUT2D eigenvalue weighted by atomic mass is 32.2. The molecule has 1 amide bonds. The molecule has 1 aromatic heterocycles. The number of benzene rings is 2. The molecule has 0 saturated heterocycles. The minimum absolute atomic E-state index is 0.0397. The second-order valence-corrected chi connectivity index (χ2v) is 10.5. The zero-order chi connectivity index (χ0) is 23.2. The Kier molecular flexibility index (Phi) is 7.48. The van der Waals surface area contributed by atoms with Gasteiger partial charge in [0.2, 0.25) is 15.9 Å². The molecule has 8 heteroatoms. The number of rotatable bonds is 9. The van der Waals surface area contributed by atoms with Crippen LogP contribution < -0.4 is 10.0 Å². The maximum atomic E-state index is 12.5. The molecule has 0 saturated carbocycles. The van der Waals surface area contributed by atoms with E-state index in [-0.39, 0.29) is 29.2 Å². The van der Waals surface area contributed by atoms with Crippen LogP contribution in [0.15, 0.2) is 71.9 Å². The van der Waals surface area contributed by atoms with Gasteiger partial charge in [-0.15, -0.1) is 0 Å². The first-order chi connectivity index (χ1) is 15.1. The molecule has 0 aliphatic heterocycles. The number of nitrogens with one attached hydrogen (secondary N) is 2. The molecular formula is C24H30N4O3S. The van der Waals surface area contributed by atoms with Crippen molar-refractivity contribution in [3.63, 3.8) is 0 Å². The summed E-state index contributed by atoms with van der Waals surface area (Å²) in [7, 11) is -3.65. The smallest absolute Gasteiger partial charge is 0.240 e. The zero-order valence-corrected chi connectivity index (χ0v) is 19.5. The van der Waals surface area contributed by atoms with Crippen LogP contribution >= 0.6 is 0 Å². The number of carbonyl (C=O) groups is 1. The van der Waals surface area contributed by atoms with Gasteiger partial charge in [0.1, 0.15) is 0 Å². The van der Waals surface area contributed by atoms with Crippen molar-refractivity contribution in [2.75, 3.05) is 6.54 Å². The highest BCUT2D eigenvalue weighted by Gasteiger charge is 2.17. The van der Waals surface area contributed by atoms with E-state index in [1.54, 1.807) is 18.3 Å². The Balaban J connectivity index is 1.42. The van der Waals surface area contributed by atoms with Gasteiger partial charge in [0.05, 0.1) is 11.4 Å². The molecule has 3 rings (SSSR count). The van der Waals surface area contributed by atoms with Crippen LogP contribution in [-0.4, -0.2) is 30.7 Å². The lowest BCUT2D eigenvalue weighted by Gasteiger charge is -2.19. The van der Waals surface area contributed by atoms with E-state index in [2.05, 4.69) is 35.9 Å². The van der Waals surface area contributed by atoms with Gasteiger partial charge >= 0.3 is 0 Å². The SMILES string of the molecule is CC(C)(C)c1ccc(S(=O)(=O)NCCC(=O)NCc2ccc(Cn3cccn3)cc2)cc1. The average Bonchev–Trinajstić information content (AvgIpc) is 3.26. The zero-order valence-electron chi connectivity index (χ0n) is 18.7. The third-order valence-electron chi connectivity index (χ3n) is 5.09. The first-order valence-electron chi connectivity index (χ1n) is 10.6. The fourth-order valence-electron chi connectivity index (χ4n) is 3.15. The third kappa shape index (κ3) is 6.77. The maximum Gasteiger partial charge on any atom is 0.240 e. The number of carbonyl (C=O) groups excluding carboxylic acids is 1. The Hall–Kier alpha value is -2.97. The second-order valence-electron chi connectivity index (χ2n) is 8.72. The average molecular weight is 455 g/mol. The molecule has 0 aliphatic carbocycles. The lowest BCUT2D eigenvalue weighted by molar-refractivity contribution is -0.121. The van der Waals surface area contributed by atoms with Crippen molar-refractivity contribution in [2.45, 2.75) is 50.6 Å². The molecule has 1 heterocycles. The van der Waals surface area contributed by atoms with Crippen LogP contribution in [0.3, 0.4) is 0 Å². The number of sulfonamides is 1. The molecule has 170 valence electrons. The van der Waals surface area contributed by atoms with Crippen molar-refractivity contribution < 1.29 is 13.2 Å². The molecule has 2 N–H and O–H groups in total. The minimum Gasteiger partial charge on any atom is -0.352 e. The topological polar surface area (TPSA) is 93.1 Å². The molecule has 0 fully saturated rings. The summed E-state index contributed by atoms with van der Waals surface area (Å²) in [4.78, 5) is 12.3. The Morgan fingerprint density at radius 2 is 1.66 bits per heavy atom. The standard InChI is InChI=1S/C24H30N4O3S/c1-24(2,3)21-9-11-22(12-10-21)32(30,31)27-15-13-23(29)25-17-19-5-7-20(8-6-19)18-28-16-4-14-26-28/h4-12,14,16,27H,13,15,17-18H2,1-3H3,(H,25,29). The van der Waals surface area contributed by atoms with E-state index in [0.717, 1.165) is 16.7 Å². The van der Waals surface area contributed by atoms with E-state index in [9.17, 15) is 13.2 Å². The summed E-state index contributed by atoms with van der Waals surface area (Å²) < 4.78 is 29.2. The lowest BCUT2D eigenvalue weighted by Crippen LogP contribution is -2.30. The molecule has 0 spiro atoms. The Bertz CT molecular complexity index is 1120. The van der Waals surface area contributed by atoms with Crippen LogP contribution in [-0.2, 0) is 33.3 Å². The molecule has 0 aliphatic rings. The maximum absolute atomic E-state index is 12.5. The first-order valence-corrected chi connectivity index (χ1v) is 12.0. The molecule has 0 atom stereocenters. The molecule has 0 radical (unpaired) electrons. The summed E-state index contributed by atoms with van der Waals surface area (Å²) >= 11 is 0. The molecular weight excluding hydrogens is 424 g/mol. The van der Waals surface area contributed by atoms with Gasteiger partial charge < -0.3 is 5.32 Å². The van der Waals surface area contributed by atoms with E-state index < -0.39 is 10.0 Å². The molecule has 7 nitrogen and oxygen atoms in total. The van der Waals surface area contributed by atoms with E-state index in [4.69, 9.17) is 0 Å². The van der Waals surface area contributed by atoms with Gasteiger partial charge in [0.15, 0.2) is 0 Å². The fourth-order valence-corrected chi connectivity index (χ4v) is 4.18. The number of nitrogens with zero attached hydrogens (tertiary/aromatic N) is 2. The van der Waals surface area contributed by atoms with Gasteiger partial charge in [-0.2, -0.15) is 5.10 Å². The van der Waals surface area contributed by atoms with Crippen molar-refractivity contribution in [2.24, 2.45) is 0 Å². The first kappa shape index (κ1) is 23.7. The van der Waals surface area contributed by atoms with Crippen LogP contribution in [0.2, 0.25) is 0 Å². The third-order valence-corrected chi connectivity index (χ3v) is 6.57. The number of hydrogen-bond donors (Lipinski definition) is 2. The van der Waals surface area contributed by atoms with Gasteiger partial charge in [0.25, 0.3) is 0 Å². The van der Waals surface area contributed by atoms with E-state index in [0.29, 0.717) is 13.1 Å². The van der Waals surface area contributed by atoms with Crippen molar-refractivity contribution in [3.05, 3.63) is 83.7 Å². The lowest BCUT2D eigenvalue weighted by atomic mass is 9.87. The second kappa shape index (κ2) is 10.1. The summed E-state index contributed by atoms with van der Waals surface area (Å²) in [5.74, 6) is -0.212. The summed E-state index contributed by atoms with van der Waals surface area (Å²) in [5, 5.41) is 7.01. The minimum atomic E-state index is -3.65. The summed E-state index contributed by atoms with van der Waals surface area (Å²) in [5.41, 5.74) is 3.11. The Morgan fingerprint density at radius 3 is 2.25 bits per heavy atom. The highest BCUT2D eigenvalue weighted by Crippen LogP contribution is 2.23. The molecule has 0 bridgehead atoms. The van der Waals surface area contributed by atoms with Crippen LogP contribution in [0.4, 0.5) is 0 Å². The van der Waals surface area contributed by atoms with Gasteiger partial charge in [-0.1, -0.05) is 57.2 Å². The van der Waals surface area contributed by atoms with Gasteiger partial charge in [-0.3, -0.25) is 9.48 Å². The fraction of sp³-hybridized carbons (Fsp3) is 0.333. The Morgan fingerprint density at radius 1 is 1.00 bits per heavy atom. The predicted molar refractivity (Wildman–Crippen MR) is 125 cm³/mol. The van der Waals surface area contributed by atoms with E-state index in [1.807, 2.05) is 53.3 Å². The Labute approximate surface area is 189 Å². The van der Waals surface area contributed by atoms with Crippen LogP contribution in [0, 0.1) is 0 Å². The van der Waals surface area contributed by atoms with Crippen LogP contribution in [0.25, 0.3) is 0 Å². The van der Waals surface area contributed by atoms with E-state index in [1.165, 1.54) is 0 Å². The normalized spacial score (nSPS) is 12.0. The van der Waals surface area contributed by atoms with E-state index >= 15 is 0 Å². The number of aromatic nitrogens is 2. The number of amides is 1. The molecule has 32 heavy (non-hydrogen) atoms. The highest BCUT2D eigenvalue weighted by molar-refractivity contribution is 7.89. The monoisotopic (exact) mass is 454 g/mol. The van der Waals surface area contributed by atoms with Crippen LogP contribution in [0.1, 0.15) is 43.9 Å². The van der Waals surface area contributed by atoms with Crippen molar-refractivity contribution >= 4 is 15.9 Å². The quantitative estimate of drug-likeness (QED) is 0.519. The van der Waals surface area contributed by atoms with Crippen LogP contribution in [0.5, 0.6) is 0 Å². The summed E-state index contributed by atoms with van der Waals surface area (Å²) in [6.45, 7) is 7.34. The summed E-state index contributed by atoms with van der Waals surface area (Å²) in [6, 6.07) is 16.6. The van der Waals surface area contributed by atoms with Gasteiger partial charge in [0, 0.05) is 31.9 Å². The predicted octanol–water partition coefficient (Wildman–Crippen LogP) is 3.21. The van der Waals surface area contributed by atoms with Gasteiger partial charge in [-0.25, -0.2) is 13.1 Å². The summed E-state index contributed by atoms with van der Waals surface area (Å²) in [6.07, 6.45) is 3.71. The largest absolute Gasteiger partial charge is 0.352 e. The molecule has 0 unspecified atom stereocenters. The van der Waals surface area contributed by atoms with Crippen molar-refractivity contribution in [3.8, 4) is 0 Å². The van der Waals surface area contributed by atoms with Crippen molar-refractivity contribution in [1.82, 2.24) is 19.8 Å². The number of hydrogen-bond acceptors (Lipinski definition) is 4. The van der Waals surface area contributed by atoms with Gasteiger partial charge in [-0.05, 0) is 40.3 Å². The molecule has 2 aromatic carbocycles. The molecule has 3 aromatic rings.